The number of Topliss-reactive ketones (excluding diaryl/α,β-unsaturated/α-hetero) is 1. The summed E-state index contributed by atoms with van der Waals surface area (Å²) in [5.41, 5.74) is 4.54. The molecule has 0 saturated carbocycles. The average Bonchev–Trinajstić information content (AvgIpc) is 2.82. The smallest absolute Gasteiger partial charge is 0.455 e. The normalized spacial score (nSPS) is 14.4. The highest BCUT2D eigenvalue weighted by molar-refractivity contribution is 9.10. The molecule has 0 bridgehead atoms. The molecule has 5 N–H and O–H groups in total. The number of phenolic OH excluding ortho intramolecular Hbond substituents is 1. The number of hydrogen-bond acceptors (Lipinski definition) is 5. The maximum absolute atomic E-state index is 14.8. The molecule has 15 heteroatoms. The Morgan fingerprint density at radius 2 is 1.55 bits per heavy atom. The van der Waals surface area contributed by atoms with Gasteiger partial charge >= 0.3 is 12.1 Å². The van der Waals surface area contributed by atoms with E-state index in [1.807, 2.05) is 0 Å². The number of halogens is 8. The largest absolute Gasteiger partial charge is 0.505 e. The average molecular weight is 649 g/mol. The predicted octanol–water partition coefficient (Wildman–Crippen LogP) is 4.85. The minimum absolute atomic E-state index is 0.0737. The molecule has 38 heavy (non-hydrogen) atoms. The lowest BCUT2D eigenvalue weighted by Crippen LogP contribution is -2.57. The number of carbonyl (C=O) groups is 3. The van der Waals surface area contributed by atoms with Gasteiger partial charge < -0.3 is 16.2 Å². The van der Waals surface area contributed by atoms with Crippen LogP contribution in [0.3, 0.4) is 0 Å². The van der Waals surface area contributed by atoms with Crippen molar-refractivity contribution >= 4 is 56.7 Å². The topological polar surface area (TPSA) is 122 Å². The minimum atomic E-state index is -6.02. The van der Waals surface area contributed by atoms with Gasteiger partial charge in [0, 0.05) is 4.47 Å². The van der Waals surface area contributed by atoms with Crippen LogP contribution >= 0.6 is 39.1 Å². The Labute approximate surface area is 232 Å². The fourth-order valence-corrected chi connectivity index (χ4v) is 4.22. The van der Waals surface area contributed by atoms with E-state index in [4.69, 9.17) is 28.9 Å². The van der Waals surface area contributed by atoms with Crippen LogP contribution in [0.1, 0.15) is 30.5 Å². The number of aromatic hydroxyl groups is 1. The molecule has 2 amide bonds. The van der Waals surface area contributed by atoms with Gasteiger partial charge in [-0.15, -0.1) is 0 Å². The standard InChI is InChI=1S/C23H21BrCl2F5N3O4/c1-2-15(18(36)20(32)37)34-21(38)16(9-10-7-13(25)17(35)14(26)8-10)33-19(22(27,28)23(29,30)31)11-3-5-12(24)6-4-11/h3-8,15-16,19,33,35H,2,9H2,1H3,(H2,32,37)(H,34,38)/t15-,16-,19-/m0/s1. The number of nitrogens with two attached hydrogens (primary N) is 1. The van der Waals surface area contributed by atoms with E-state index in [9.17, 15) is 41.4 Å². The molecule has 0 aromatic heterocycles. The van der Waals surface area contributed by atoms with Crippen LogP contribution in [0.5, 0.6) is 5.75 Å². The Kier molecular flexibility index (Phi) is 10.5. The number of phenols is 1. The van der Waals surface area contributed by atoms with E-state index >= 15 is 0 Å². The summed E-state index contributed by atoms with van der Waals surface area (Å²) in [7, 11) is 0. The summed E-state index contributed by atoms with van der Waals surface area (Å²) in [6.07, 6.45) is -6.71. The number of hydrogen-bond donors (Lipinski definition) is 4. The van der Waals surface area contributed by atoms with Crippen molar-refractivity contribution in [3.05, 3.63) is 62.0 Å². The molecule has 0 aliphatic heterocycles. The molecule has 2 rings (SSSR count). The first-order valence-electron chi connectivity index (χ1n) is 10.8. The third kappa shape index (κ3) is 7.55. The number of nitrogens with one attached hydrogen (secondary N) is 2. The van der Waals surface area contributed by atoms with Crippen molar-refractivity contribution in [1.82, 2.24) is 10.6 Å². The molecule has 0 aliphatic carbocycles. The zero-order valence-electron chi connectivity index (χ0n) is 19.4. The highest BCUT2D eigenvalue weighted by atomic mass is 79.9. The summed E-state index contributed by atoms with van der Waals surface area (Å²) in [5, 5.41) is 13.5. The molecular weight excluding hydrogens is 628 g/mol. The van der Waals surface area contributed by atoms with Gasteiger partial charge in [0.25, 0.3) is 5.91 Å². The van der Waals surface area contributed by atoms with Crippen LogP contribution in [0.2, 0.25) is 10.0 Å². The van der Waals surface area contributed by atoms with E-state index in [0.717, 1.165) is 24.3 Å². The summed E-state index contributed by atoms with van der Waals surface area (Å²) in [5.74, 6) is -9.64. The second-order valence-electron chi connectivity index (χ2n) is 8.13. The van der Waals surface area contributed by atoms with Crippen LogP contribution in [0.25, 0.3) is 0 Å². The first kappa shape index (κ1) is 31.7. The van der Waals surface area contributed by atoms with Gasteiger partial charge in [-0.2, -0.15) is 22.0 Å². The monoisotopic (exact) mass is 647 g/mol. The lowest BCUT2D eigenvalue weighted by molar-refractivity contribution is -0.294. The lowest BCUT2D eigenvalue weighted by Gasteiger charge is -2.33. The van der Waals surface area contributed by atoms with Gasteiger partial charge in [0.1, 0.15) is 6.04 Å². The fourth-order valence-electron chi connectivity index (χ4n) is 3.43. The van der Waals surface area contributed by atoms with Crippen LogP contribution in [-0.2, 0) is 20.8 Å². The highest BCUT2D eigenvalue weighted by Crippen LogP contribution is 2.45. The molecular formula is C23H21BrCl2F5N3O4. The Balaban J connectivity index is 2.58. The summed E-state index contributed by atoms with van der Waals surface area (Å²) in [6, 6.07) is 0.690. The van der Waals surface area contributed by atoms with Gasteiger partial charge in [0.05, 0.1) is 22.1 Å². The second kappa shape index (κ2) is 12.6. The number of rotatable bonds is 11. The Morgan fingerprint density at radius 1 is 1.03 bits per heavy atom. The van der Waals surface area contributed by atoms with Gasteiger partial charge in [0.2, 0.25) is 11.7 Å². The number of primary amides is 1. The Morgan fingerprint density at radius 3 is 2.00 bits per heavy atom. The molecule has 0 spiro atoms. The molecule has 0 aliphatic rings. The van der Waals surface area contributed by atoms with Gasteiger partial charge in [-0.05, 0) is 48.2 Å². The third-order valence-electron chi connectivity index (χ3n) is 5.43. The van der Waals surface area contributed by atoms with Crippen molar-refractivity contribution in [1.29, 1.82) is 0 Å². The molecule has 3 atom stereocenters. The quantitative estimate of drug-likeness (QED) is 0.205. The zero-order valence-corrected chi connectivity index (χ0v) is 22.5. The molecule has 2 aromatic rings. The number of alkyl halides is 5. The summed E-state index contributed by atoms with van der Waals surface area (Å²) in [6.45, 7) is 1.41. The zero-order chi connectivity index (χ0) is 29.0. The SMILES string of the molecule is CC[C@H](NC(=O)[C@H](Cc1cc(Cl)c(O)c(Cl)c1)N[C@@H](c1ccc(Br)cc1)C(F)(F)C(F)(F)F)C(=O)C(N)=O. The van der Waals surface area contributed by atoms with Crippen molar-refractivity contribution in [2.75, 3.05) is 0 Å². The maximum Gasteiger partial charge on any atom is 0.455 e. The van der Waals surface area contributed by atoms with Crippen molar-refractivity contribution in [2.24, 2.45) is 5.73 Å². The van der Waals surface area contributed by atoms with Crippen LogP contribution in [-0.4, -0.2) is 46.9 Å². The predicted molar refractivity (Wildman–Crippen MR) is 133 cm³/mol. The molecule has 0 heterocycles. The summed E-state index contributed by atoms with van der Waals surface area (Å²) >= 11 is 14.9. The molecule has 0 unspecified atom stereocenters. The van der Waals surface area contributed by atoms with E-state index in [-0.39, 0.29) is 22.0 Å². The number of benzene rings is 2. The Hall–Kier alpha value is -2.48. The number of ketones is 1. The van der Waals surface area contributed by atoms with E-state index in [1.165, 1.54) is 19.1 Å². The summed E-state index contributed by atoms with van der Waals surface area (Å²) < 4.78 is 70.4. The van der Waals surface area contributed by atoms with Gasteiger partial charge in [0.15, 0.2) is 5.75 Å². The summed E-state index contributed by atoms with van der Waals surface area (Å²) in [4.78, 5) is 36.5. The molecule has 208 valence electrons. The van der Waals surface area contributed by atoms with Crippen LogP contribution in [0.4, 0.5) is 22.0 Å². The van der Waals surface area contributed by atoms with Gasteiger partial charge in [-0.25, -0.2) is 0 Å². The van der Waals surface area contributed by atoms with Crippen molar-refractivity contribution in [2.45, 2.75) is 50.0 Å². The maximum atomic E-state index is 14.8. The molecule has 0 saturated heterocycles. The molecule has 0 radical (unpaired) electrons. The molecule has 7 nitrogen and oxygen atoms in total. The number of amides is 2. The van der Waals surface area contributed by atoms with Crippen molar-refractivity contribution in [3.63, 3.8) is 0 Å². The Bertz CT molecular complexity index is 1180. The first-order chi connectivity index (χ1) is 17.5. The van der Waals surface area contributed by atoms with E-state index in [0.29, 0.717) is 4.47 Å². The molecule has 2 aromatic carbocycles. The van der Waals surface area contributed by atoms with Crippen LogP contribution < -0.4 is 16.4 Å². The highest BCUT2D eigenvalue weighted by Gasteiger charge is 2.63. The van der Waals surface area contributed by atoms with Crippen LogP contribution in [0, 0.1) is 0 Å². The number of carbonyl (C=O) groups excluding carboxylic acids is 3. The van der Waals surface area contributed by atoms with Gasteiger partial charge in [-0.3, -0.25) is 19.7 Å². The van der Waals surface area contributed by atoms with Crippen LogP contribution in [0.15, 0.2) is 40.9 Å². The fraction of sp³-hybridized carbons (Fsp3) is 0.348. The van der Waals surface area contributed by atoms with E-state index in [1.54, 1.807) is 0 Å². The van der Waals surface area contributed by atoms with Crippen molar-refractivity contribution in [3.8, 4) is 5.75 Å². The van der Waals surface area contributed by atoms with E-state index in [2.05, 4.69) is 26.6 Å². The first-order valence-corrected chi connectivity index (χ1v) is 12.3. The van der Waals surface area contributed by atoms with Crippen molar-refractivity contribution < 1.29 is 41.4 Å². The second-order valence-corrected chi connectivity index (χ2v) is 9.86. The lowest BCUT2D eigenvalue weighted by atomic mass is 9.96. The van der Waals surface area contributed by atoms with E-state index < -0.39 is 65.6 Å². The van der Waals surface area contributed by atoms with Gasteiger partial charge in [-0.1, -0.05) is 58.2 Å². The minimum Gasteiger partial charge on any atom is -0.505 e. The molecule has 0 fully saturated rings. The third-order valence-corrected chi connectivity index (χ3v) is 6.53.